The number of carboxylic acid groups (broad SMARTS) is 2. The van der Waals surface area contributed by atoms with E-state index >= 15 is 0 Å². The topological polar surface area (TPSA) is 127 Å². The summed E-state index contributed by atoms with van der Waals surface area (Å²) in [6, 6.07) is -0.713. The van der Waals surface area contributed by atoms with Gasteiger partial charge in [-0.3, -0.25) is 9.59 Å². The van der Waals surface area contributed by atoms with Crippen molar-refractivity contribution in [3.8, 4) is 0 Å². The van der Waals surface area contributed by atoms with Gasteiger partial charge in [0.25, 0.3) is 0 Å². The van der Waals surface area contributed by atoms with Crippen LogP contribution in [0.3, 0.4) is 0 Å². The van der Waals surface area contributed by atoms with Crippen LogP contribution in [-0.2, 0) is 9.59 Å². The summed E-state index contributed by atoms with van der Waals surface area (Å²) in [5, 5.41) is 15.8. The molecule has 13 heavy (non-hydrogen) atoms. The van der Waals surface area contributed by atoms with Gasteiger partial charge >= 0.3 is 11.9 Å². The van der Waals surface area contributed by atoms with E-state index in [9.17, 15) is 9.59 Å². The maximum atomic E-state index is 10.0. The van der Waals surface area contributed by atoms with Crippen LogP contribution in [0.2, 0.25) is 0 Å². The Hall–Kier alpha value is -1.14. The molecule has 0 bridgehead atoms. The van der Waals surface area contributed by atoms with Crippen molar-refractivity contribution in [3.05, 3.63) is 0 Å². The fraction of sp³-hybridized carbons (Fsp3) is 0.714. The molecular weight excluding hydrogens is 176 g/mol. The Morgan fingerprint density at radius 3 is 1.62 bits per heavy atom. The van der Waals surface area contributed by atoms with Gasteiger partial charge in [0, 0.05) is 0 Å². The Balaban J connectivity index is 0. The summed E-state index contributed by atoms with van der Waals surface area (Å²) in [6.45, 7) is 3.28. The molecule has 0 aliphatic rings. The van der Waals surface area contributed by atoms with Crippen molar-refractivity contribution in [3.63, 3.8) is 0 Å². The van der Waals surface area contributed by atoms with E-state index in [1.165, 1.54) is 0 Å². The smallest absolute Gasteiger partial charge is 0.320 e. The van der Waals surface area contributed by atoms with Crippen LogP contribution >= 0.6 is 0 Å². The molecule has 6 heteroatoms. The fourth-order valence-electron chi connectivity index (χ4n) is 0.285. The summed E-state index contributed by atoms with van der Waals surface area (Å²) in [4.78, 5) is 19.3. The number of aliphatic carboxylic acids is 2. The first-order chi connectivity index (χ1) is 5.82. The molecule has 0 saturated heterocycles. The Morgan fingerprint density at radius 2 is 1.62 bits per heavy atom. The van der Waals surface area contributed by atoms with E-state index in [-0.39, 0.29) is 12.5 Å². The molecule has 0 aliphatic carbocycles. The first-order valence-corrected chi connectivity index (χ1v) is 3.73. The summed E-state index contributed by atoms with van der Waals surface area (Å²) in [5.41, 5.74) is 9.73. The Labute approximate surface area is 76.5 Å². The number of hydrogen-bond acceptors (Lipinski definition) is 4. The second kappa shape index (κ2) is 7.51. The molecule has 1 atom stereocenters. The van der Waals surface area contributed by atoms with Gasteiger partial charge < -0.3 is 21.7 Å². The van der Waals surface area contributed by atoms with Crippen LogP contribution in [0.25, 0.3) is 0 Å². The zero-order valence-electron chi connectivity index (χ0n) is 7.73. The number of carbonyl (C=O) groups is 2. The highest BCUT2D eigenvalue weighted by Crippen LogP contribution is 1.96. The molecule has 0 rings (SSSR count). The SMILES string of the molecule is CC(C)[C@@H](N)C(=O)O.NCC(=O)O. The lowest BCUT2D eigenvalue weighted by atomic mass is 10.1. The Kier molecular flexibility index (Phi) is 8.31. The van der Waals surface area contributed by atoms with Gasteiger partial charge in [-0.05, 0) is 5.92 Å². The van der Waals surface area contributed by atoms with Gasteiger partial charge in [0.05, 0.1) is 6.54 Å². The Morgan fingerprint density at radius 1 is 1.31 bits per heavy atom. The van der Waals surface area contributed by atoms with Crippen LogP contribution in [0.1, 0.15) is 13.8 Å². The first kappa shape index (κ1) is 14.4. The number of hydrogen-bond donors (Lipinski definition) is 4. The van der Waals surface area contributed by atoms with Crippen LogP contribution in [0.5, 0.6) is 0 Å². The molecule has 0 aromatic rings. The maximum absolute atomic E-state index is 10.0. The number of nitrogens with two attached hydrogens (primary N) is 2. The average molecular weight is 192 g/mol. The van der Waals surface area contributed by atoms with E-state index < -0.39 is 18.0 Å². The highest BCUT2D eigenvalue weighted by Gasteiger charge is 2.14. The minimum absolute atomic E-state index is 0.0208. The predicted octanol–water partition coefficient (Wildman–Crippen LogP) is -0.916. The normalized spacial score (nSPS) is 11.5. The van der Waals surface area contributed by atoms with Gasteiger partial charge in [0.2, 0.25) is 0 Å². The molecule has 0 heterocycles. The number of carboxylic acids is 2. The highest BCUT2D eigenvalue weighted by molar-refractivity contribution is 5.73. The molecule has 0 aromatic carbocycles. The van der Waals surface area contributed by atoms with Crippen molar-refractivity contribution in [2.24, 2.45) is 17.4 Å². The standard InChI is InChI=1S/C5H11NO2.C2H5NO2/c1-3(2)4(6)5(7)8;3-1-2(4)5/h3-4H,6H2,1-2H3,(H,7,8);1,3H2,(H,4,5)/t4-;/m1./s1. The molecule has 0 aliphatic heterocycles. The van der Waals surface area contributed by atoms with Crippen molar-refractivity contribution in [2.75, 3.05) is 6.54 Å². The van der Waals surface area contributed by atoms with Crippen molar-refractivity contribution >= 4 is 11.9 Å². The quantitative estimate of drug-likeness (QED) is 0.458. The third kappa shape index (κ3) is 10.9. The van der Waals surface area contributed by atoms with Gasteiger partial charge in [-0.15, -0.1) is 0 Å². The second-order valence-electron chi connectivity index (χ2n) is 2.71. The van der Waals surface area contributed by atoms with Gasteiger partial charge in [0.1, 0.15) is 6.04 Å². The van der Waals surface area contributed by atoms with Gasteiger partial charge in [-0.2, -0.15) is 0 Å². The van der Waals surface area contributed by atoms with Gasteiger partial charge in [-0.1, -0.05) is 13.8 Å². The molecule has 6 nitrogen and oxygen atoms in total. The largest absolute Gasteiger partial charge is 0.480 e. The summed E-state index contributed by atoms with van der Waals surface area (Å²) in [6.07, 6.45) is 0. The van der Waals surface area contributed by atoms with E-state index in [0.717, 1.165) is 0 Å². The predicted molar refractivity (Wildman–Crippen MR) is 47.1 cm³/mol. The van der Waals surface area contributed by atoms with Crippen LogP contribution in [0.15, 0.2) is 0 Å². The highest BCUT2D eigenvalue weighted by atomic mass is 16.4. The molecule has 0 spiro atoms. The minimum atomic E-state index is -0.968. The molecule has 0 radical (unpaired) electrons. The lowest BCUT2D eigenvalue weighted by Gasteiger charge is -2.07. The van der Waals surface area contributed by atoms with Crippen LogP contribution < -0.4 is 11.5 Å². The zero-order valence-corrected chi connectivity index (χ0v) is 7.73. The van der Waals surface area contributed by atoms with E-state index in [0.29, 0.717) is 0 Å². The van der Waals surface area contributed by atoms with Crippen molar-refractivity contribution < 1.29 is 19.8 Å². The zero-order chi connectivity index (χ0) is 11.0. The van der Waals surface area contributed by atoms with Crippen LogP contribution in [-0.4, -0.2) is 34.7 Å². The Bertz CT molecular complexity index is 170. The van der Waals surface area contributed by atoms with Gasteiger partial charge in [0.15, 0.2) is 0 Å². The first-order valence-electron chi connectivity index (χ1n) is 3.73. The van der Waals surface area contributed by atoms with Crippen molar-refractivity contribution in [1.29, 1.82) is 0 Å². The molecule has 78 valence electrons. The summed E-state index contributed by atoms with van der Waals surface area (Å²) < 4.78 is 0. The molecule has 0 saturated carbocycles. The van der Waals surface area contributed by atoms with Crippen molar-refractivity contribution in [1.82, 2.24) is 0 Å². The molecule has 0 amide bonds. The average Bonchev–Trinajstić information content (AvgIpc) is 2.03. The summed E-state index contributed by atoms with van der Waals surface area (Å²) in [5.74, 6) is -1.88. The lowest BCUT2D eigenvalue weighted by Crippen LogP contribution is -2.34. The van der Waals surface area contributed by atoms with E-state index in [4.69, 9.17) is 15.9 Å². The maximum Gasteiger partial charge on any atom is 0.320 e. The molecular formula is C7H16N2O4. The molecule has 0 aromatic heterocycles. The van der Waals surface area contributed by atoms with E-state index in [1.807, 2.05) is 0 Å². The van der Waals surface area contributed by atoms with Gasteiger partial charge in [-0.25, -0.2) is 0 Å². The van der Waals surface area contributed by atoms with Crippen molar-refractivity contribution in [2.45, 2.75) is 19.9 Å². The fourth-order valence-corrected chi connectivity index (χ4v) is 0.285. The summed E-state index contributed by atoms with van der Waals surface area (Å²) in [7, 11) is 0. The molecule has 0 unspecified atom stereocenters. The second-order valence-corrected chi connectivity index (χ2v) is 2.71. The van der Waals surface area contributed by atoms with Crippen LogP contribution in [0.4, 0.5) is 0 Å². The molecule has 0 fully saturated rings. The third-order valence-electron chi connectivity index (χ3n) is 1.18. The third-order valence-corrected chi connectivity index (χ3v) is 1.18. The lowest BCUT2D eigenvalue weighted by molar-refractivity contribution is -0.139. The van der Waals surface area contributed by atoms with E-state index in [1.54, 1.807) is 13.8 Å². The number of rotatable bonds is 3. The molecule has 6 N–H and O–H groups in total. The van der Waals surface area contributed by atoms with E-state index in [2.05, 4.69) is 5.73 Å². The summed E-state index contributed by atoms with van der Waals surface area (Å²) >= 11 is 0. The minimum Gasteiger partial charge on any atom is -0.480 e. The monoisotopic (exact) mass is 192 g/mol. The van der Waals surface area contributed by atoms with Crippen LogP contribution in [0, 0.1) is 5.92 Å².